The summed E-state index contributed by atoms with van der Waals surface area (Å²) < 4.78 is 28.3. The molecular weight excluding hydrogens is 542 g/mol. The third-order valence-electron chi connectivity index (χ3n) is 7.04. The molecule has 224 valence electrons. The van der Waals surface area contributed by atoms with Crippen LogP contribution in [0.3, 0.4) is 0 Å². The summed E-state index contributed by atoms with van der Waals surface area (Å²) in [5, 5.41) is 14.1. The number of nitrogens with one attached hydrogen (secondary N) is 2. The van der Waals surface area contributed by atoms with Crippen molar-refractivity contribution in [1.82, 2.24) is 20.5 Å². The summed E-state index contributed by atoms with van der Waals surface area (Å²) in [4.78, 5) is 40.3. The predicted octanol–water partition coefficient (Wildman–Crippen LogP) is 5.33. The van der Waals surface area contributed by atoms with Crippen LogP contribution in [0.2, 0.25) is 0 Å². The van der Waals surface area contributed by atoms with Gasteiger partial charge in [-0.25, -0.2) is 13.8 Å². The molecule has 1 fully saturated rings. The van der Waals surface area contributed by atoms with E-state index in [-0.39, 0.29) is 17.9 Å². The highest BCUT2D eigenvalue weighted by molar-refractivity contribution is 5.92. The van der Waals surface area contributed by atoms with Crippen molar-refractivity contribution in [3.63, 3.8) is 0 Å². The SMILES string of the molecule is CCCCNC(=O)c1cccc(CN2CCC2)n1.Cc1cccc(C)c1-c1cc(F)c(F)c(C(CC(=O)O)NC=O)c1. The van der Waals surface area contributed by atoms with Gasteiger partial charge < -0.3 is 15.7 Å². The molecule has 2 heterocycles. The van der Waals surface area contributed by atoms with Gasteiger partial charge in [-0.05, 0) is 86.3 Å². The molecule has 0 aliphatic carbocycles. The second kappa shape index (κ2) is 15.7. The summed E-state index contributed by atoms with van der Waals surface area (Å²) in [5.41, 5.74) is 4.26. The van der Waals surface area contributed by atoms with Gasteiger partial charge in [-0.1, -0.05) is 37.6 Å². The van der Waals surface area contributed by atoms with Gasteiger partial charge in [-0.3, -0.25) is 19.3 Å². The van der Waals surface area contributed by atoms with Gasteiger partial charge in [0.1, 0.15) is 5.69 Å². The zero-order valence-electron chi connectivity index (χ0n) is 24.3. The maximum Gasteiger partial charge on any atom is 0.305 e. The van der Waals surface area contributed by atoms with E-state index in [9.17, 15) is 23.2 Å². The van der Waals surface area contributed by atoms with Crippen molar-refractivity contribution >= 4 is 18.3 Å². The number of unbranched alkanes of at least 4 members (excludes halogenated alkanes) is 1. The number of hydrogen-bond acceptors (Lipinski definition) is 5. The molecule has 0 saturated carbocycles. The molecule has 1 aliphatic heterocycles. The number of aliphatic carboxylic acids is 1. The minimum Gasteiger partial charge on any atom is -0.481 e. The van der Waals surface area contributed by atoms with E-state index in [0.29, 0.717) is 11.3 Å². The number of aromatic nitrogens is 1. The number of benzene rings is 2. The number of nitrogens with zero attached hydrogens (tertiary/aromatic N) is 2. The van der Waals surface area contributed by atoms with Crippen LogP contribution in [0.4, 0.5) is 8.78 Å². The fourth-order valence-corrected chi connectivity index (χ4v) is 4.73. The van der Waals surface area contributed by atoms with Crippen molar-refractivity contribution in [2.75, 3.05) is 19.6 Å². The Kier molecular flexibility index (Phi) is 12.1. The zero-order valence-corrected chi connectivity index (χ0v) is 24.3. The number of aryl methyl sites for hydroxylation is 2. The molecule has 1 aromatic heterocycles. The first-order valence-corrected chi connectivity index (χ1v) is 14.1. The van der Waals surface area contributed by atoms with Crippen molar-refractivity contribution in [3.05, 3.63) is 88.2 Å². The van der Waals surface area contributed by atoms with E-state index in [1.165, 1.54) is 12.5 Å². The Balaban J connectivity index is 0.000000240. The lowest BCUT2D eigenvalue weighted by Gasteiger charge is -2.30. The zero-order chi connectivity index (χ0) is 30.6. The van der Waals surface area contributed by atoms with Gasteiger partial charge in [0.25, 0.3) is 5.91 Å². The van der Waals surface area contributed by atoms with E-state index >= 15 is 0 Å². The van der Waals surface area contributed by atoms with Gasteiger partial charge in [-0.2, -0.15) is 0 Å². The number of carbonyl (C=O) groups excluding carboxylic acids is 2. The molecule has 1 aliphatic rings. The first kappa shape index (κ1) is 32.3. The first-order valence-electron chi connectivity index (χ1n) is 14.1. The van der Waals surface area contributed by atoms with Crippen molar-refractivity contribution in [1.29, 1.82) is 0 Å². The van der Waals surface area contributed by atoms with E-state index in [2.05, 4.69) is 27.4 Å². The largest absolute Gasteiger partial charge is 0.481 e. The standard InChI is InChI=1S/C18H17F2NO3.C14H21N3O/c1-10-4-3-5-11(2)17(10)12-6-13(18(20)14(19)7-12)15(21-9-22)8-16(23)24;1-2-3-8-15-14(18)13-7-4-6-12(16-13)11-17-9-5-10-17/h3-7,9,15H,8H2,1-2H3,(H,21,22)(H,23,24);4,6-7H,2-3,5,8-11H2,1H3,(H,15,18). The van der Waals surface area contributed by atoms with Gasteiger partial charge >= 0.3 is 5.97 Å². The summed E-state index contributed by atoms with van der Waals surface area (Å²) in [6.45, 7) is 9.69. The quantitative estimate of drug-likeness (QED) is 0.197. The molecule has 1 atom stereocenters. The monoisotopic (exact) mass is 580 g/mol. The minimum atomic E-state index is -1.23. The molecule has 4 rings (SSSR count). The average molecular weight is 581 g/mol. The molecule has 3 aromatic rings. The van der Waals surface area contributed by atoms with Crippen LogP contribution in [0.15, 0.2) is 48.5 Å². The summed E-state index contributed by atoms with van der Waals surface area (Å²) in [5.74, 6) is -3.54. The van der Waals surface area contributed by atoms with E-state index in [0.717, 1.165) is 67.5 Å². The molecule has 1 saturated heterocycles. The third-order valence-corrected chi connectivity index (χ3v) is 7.04. The molecule has 0 radical (unpaired) electrons. The number of carboxylic acids is 1. The van der Waals surface area contributed by atoms with Crippen LogP contribution in [0.5, 0.6) is 0 Å². The Morgan fingerprint density at radius 3 is 2.38 bits per heavy atom. The van der Waals surface area contributed by atoms with Crippen LogP contribution >= 0.6 is 0 Å². The number of pyridine rings is 1. The van der Waals surface area contributed by atoms with Crippen molar-refractivity contribution < 1.29 is 28.3 Å². The number of carbonyl (C=O) groups is 3. The van der Waals surface area contributed by atoms with Crippen molar-refractivity contribution in [2.24, 2.45) is 0 Å². The highest BCUT2D eigenvalue weighted by atomic mass is 19.2. The maximum atomic E-state index is 14.2. The molecule has 3 N–H and O–H groups in total. The molecule has 2 amide bonds. The summed E-state index contributed by atoms with van der Waals surface area (Å²) >= 11 is 0. The molecule has 0 spiro atoms. The number of carboxylic acid groups (broad SMARTS) is 1. The molecule has 42 heavy (non-hydrogen) atoms. The predicted molar refractivity (Wildman–Crippen MR) is 157 cm³/mol. The Bertz CT molecular complexity index is 1370. The Morgan fingerprint density at radius 1 is 1.10 bits per heavy atom. The van der Waals surface area contributed by atoms with Crippen LogP contribution in [0.25, 0.3) is 11.1 Å². The van der Waals surface area contributed by atoms with Gasteiger partial charge in [0, 0.05) is 18.7 Å². The van der Waals surface area contributed by atoms with Crippen LogP contribution < -0.4 is 10.6 Å². The number of halogens is 2. The first-order chi connectivity index (χ1) is 20.1. The van der Waals surface area contributed by atoms with Gasteiger partial charge in [0.15, 0.2) is 11.6 Å². The highest BCUT2D eigenvalue weighted by Gasteiger charge is 2.23. The minimum absolute atomic E-state index is 0.0612. The summed E-state index contributed by atoms with van der Waals surface area (Å²) in [6, 6.07) is 12.5. The Morgan fingerprint density at radius 2 is 1.79 bits per heavy atom. The lowest BCUT2D eigenvalue weighted by Crippen LogP contribution is -2.36. The van der Waals surface area contributed by atoms with Crippen molar-refractivity contribution in [2.45, 2.75) is 59.0 Å². The topological polar surface area (TPSA) is 112 Å². The summed E-state index contributed by atoms with van der Waals surface area (Å²) in [6.07, 6.45) is 3.10. The van der Waals surface area contributed by atoms with E-state index in [1.807, 2.05) is 44.2 Å². The molecule has 0 bridgehead atoms. The molecule has 2 aromatic carbocycles. The van der Waals surface area contributed by atoms with E-state index in [4.69, 9.17) is 5.11 Å². The van der Waals surface area contributed by atoms with Crippen LogP contribution in [0.1, 0.15) is 71.5 Å². The lowest BCUT2D eigenvalue weighted by molar-refractivity contribution is -0.137. The van der Waals surface area contributed by atoms with E-state index in [1.54, 1.807) is 6.07 Å². The second-order valence-corrected chi connectivity index (χ2v) is 10.3. The normalized spacial score (nSPS) is 13.3. The van der Waals surface area contributed by atoms with Gasteiger partial charge in [-0.15, -0.1) is 0 Å². The fraction of sp³-hybridized carbons (Fsp3) is 0.375. The Labute approximate surface area is 245 Å². The van der Waals surface area contributed by atoms with Crippen LogP contribution in [0, 0.1) is 25.5 Å². The van der Waals surface area contributed by atoms with Gasteiger partial charge in [0.2, 0.25) is 6.41 Å². The van der Waals surface area contributed by atoms with E-state index < -0.39 is 30.1 Å². The fourth-order valence-electron chi connectivity index (χ4n) is 4.73. The smallest absolute Gasteiger partial charge is 0.305 e. The van der Waals surface area contributed by atoms with Gasteiger partial charge in [0.05, 0.1) is 18.2 Å². The number of rotatable bonds is 12. The summed E-state index contributed by atoms with van der Waals surface area (Å²) in [7, 11) is 0. The van der Waals surface area contributed by atoms with Crippen LogP contribution in [-0.4, -0.2) is 52.9 Å². The number of likely N-dealkylation sites (tertiary alicyclic amines) is 1. The highest BCUT2D eigenvalue weighted by Crippen LogP contribution is 2.32. The second-order valence-electron chi connectivity index (χ2n) is 10.3. The molecular formula is C32H38F2N4O4. The molecule has 10 heteroatoms. The number of amides is 2. The van der Waals surface area contributed by atoms with Crippen molar-refractivity contribution in [3.8, 4) is 11.1 Å². The number of hydrogen-bond donors (Lipinski definition) is 3. The lowest BCUT2D eigenvalue weighted by atomic mass is 9.92. The molecule has 8 nitrogen and oxygen atoms in total. The Hall–Kier alpha value is -4.18. The van der Waals surface area contributed by atoms with Crippen LogP contribution in [-0.2, 0) is 16.1 Å². The molecule has 1 unspecified atom stereocenters. The average Bonchev–Trinajstić information content (AvgIpc) is 2.92. The maximum absolute atomic E-state index is 14.2. The third kappa shape index (κ3) is 8.91.